The van der Waals surface area contributed by atoms with E-state index in [0.717, 1.165) is 12.1 Å². The van der Waals surface area contributed by atoms with Gasteiger partial charge in [-0.05, 0) is 23.8 Å². The number of benzene rings is 2. The average Bonchev–Trinajstić information content (AvgIpc) is 2.74. The molecule has 0 bridgehead atoms. The summed E-state index contributed by atoms with van der Waals surface area (Å²) in [7, 11) is -3.54. The number of rotatable bonds is 9. The molecule has 1 aromatic heterocycles. The van der Waals surface area contributed by atoms with E-state index >= 15 is 0 Å². The van der Waals surface area contributed by atoms with Crippen molar-refractivity contribution < 1.29 is 35.5 Å². The maximum atomic E-state index is 14.3. The van der Waals surface area contributed by atoms with E-state index in [2.05, 4.69) is 9.72 Å². The summed E-state index contributed by atoms with van der Waals surface area (Å²) >= 11 is 0. The Kier molecular flexibility index (Phi) is 7.42. The topological polar surface area (TPSA) is 85.5 Å². The molecule has 0 aliphatic heterocycles. The highest BCUT2D eigenvalue weighted by Crippen LogP contribution is 2.34. The molecule has 2 aromatic carbocycles. The third kappa shape index (κ3) is 6.13. The molecule has 0 aliphatic carbocycles. The fraction of sp³-hybridized carbons (Fsp3) is 0.227. The van der Waals surface area contributed by atoms with Crippen molar-refractivity contribution in [1.29, 1.82) is 0 Å². The van der Waals surface area contributed by atoms with Crippen LogP contribution in [0.25, 0.3) is 0 Å². The number of hydrogen-bond donors (Lipinski definition) is 1. The third-order valence-corrected chi connectivity index (χ3v) is 6.31. The van der Waals surface area contributed by atoms with Gasteiger partial charge in [-0.2, -0.15) is 8.78 Å². The molecule has 0 atom stereocenters. The Labute approximate surface area is 186 Å². The van der Waals surface area contributed by atoms with Gasteiger partial charge in [-0.15, -0.1) is 0 Å². The predicted molar refractivity (Wildman–Crippen MR) is 113 cm³/mol. The number of pyridine rings is 1. The lowest BCUT2D eigenvalue weighted by molar-refractivity contribution is -0.0514. The average molecular weight is 485 g/mol. The number of H-pyrrole nitrogens is 1. The molecule has 1 heterocycles. The van der Waals surface area contributed by atoms with Gasteiger partial charge in [0.1, 0.15) is 11.6 Å². The highest BCUT2D eigenvalue weighted by atomic mass is 32.2. The Balaban J connectivity index is 2.12. The highest BCUT2D eigenvalue weighted by Gasteiger charge is 2.21. The zero-order valence-corrected chi connectivity index (χ0v) is 18.1. The van der Waals surface area contributed by atoms with Crippen LogP contribution in [0.3, 0.4) is 0 Å². The van der Waals surface area contributed by atoms with Crippen LogP contribution in [0.15, 0.2) is 53.5 Å². The first-order chi connectivity index (χ1) is 15.6. The monoisotopic (exact) mass is 485 g/mol. The molecular formula is C22H19F4NO5S. The first-order valence-electron chi connectivity index (χ1n) is 9.69. The van der Waals surface area contributed by atoms with E-state index in [1.54, 1.807) is 0 Å². The molecule has 11 heteroatoms. The van der Waals surface area contributed by atoms with Gasteiger partial charge in [0.05, 0.1) is 5.75 Å². The van der Waals surface area contributed by atoms with E-state index in [1.807, 2.05) is 0 Å². The third-order valence-electron chi connectivity index (χ3n) is 4.68. The number of aromatic amines is 1. The molecule has 176 valence electrons. The predicted octanol–water partition coefficient (Wildman–Crippen LogP) is 4.57. The maximum absolute atomic E-state index is 14.3. The summed E-state index contributed by atoms with van der Waals surface area (Å²) in [4.78, 5) is 14.2. The Hall–Kier alpha value is -3.34. The number of para-hydroxylation sites is 1. The van der Waals surface area contributed by atoms with Gasteiger partial charge in [-0.1, -0.05) is 25.1 Å². The van der Waals surface area contributed by atoms with Crippen LogP contribution in [0.4, 0.5) is 17.6 Å². The second-order valence-corrected chi connectivity index (χ2v) is 9.33. The SMILES string of the molecule is CCS(=O)(=O)Cc1cccc(Cc2cc[nH]c(=O)c2OC(F)F)c1Oc1ccc(F)cc1F. The molecule has 6 nitrogen and oxygen atoms in total. The van der Waals surface area contributed by atoms with Crippen LogP contribution in [0.2, 0.25) is 0 Å². The van der Waals surface area contributed by atoms with Gasteiger partial charge >= 0.3 is 6.61 Å². The van der Waals surface area contributed by atoms with Gasteiger partial charge in [-0.3, -0.25) is 4.79 Å². The first kappa shape index (κ1) is 24.3. The first-order valence-corrected chi connectivity index (χ1v) is 11.5. The summed E-state index contributed by atoms with van der Waals surface area (Å²) in [6.07, 6.45) is 1.06. The van der Waals surface area contributed by atoms with Crippen molar-refractivity contribution in [2.45, 2.75) is 25.7 Å². The summed E-state index contributed by atoms with van der Waals surface area (Å²) in [5.74, 6) is -3.49. The van der Waals surface area contributed by atoms with E-state index < -0.39 is 45.1 Å². The lowest BCUT2D eigenvalue weighted by Gasteiger charge is -2.17. The fourth-order valence-electron chi connectivity index (χ4n) is 3.10. The molecule has 0 spiro atoms. The van der Waals surface area contributed by atoms with E-state index in [4.69, 9.17) is 4.74 Å². The van der Waals surface area contributed by atoms with Crippen molar-refractivity contribution in [1.82, 2.24) is 4.98 Å². The molecule has 3 aromatic rings. The number of sulfone groups is 1. The second kappa shape index (κ2) is 10.1. The zero-order valence-electron chi connectivity index (χ0n) is 17.3. The molecule has 3 rings (SSSR count). The summed E-state index contributed by atoms with van der Waals surface area (Å²) in [5.41, 5.74) is -0.366. The van der Waals surface area contributed by atoms with E-state index in [0.29, 0.717) is 6.07 Å². The van der Waals surface area contributed by atoms with Crippen molar-refractivity contribution in [3.05, 3.63) is 87.3 Å². The Morgan fingerprint density at radius 3 is 2.36 bits per heavy atom. The molecule has 33 heavy (non-hydrogen) atoms. The van der Waals surface area contributed by atoms with Crippen LogP contribution in [-0.2, 0) is 22.0 Å². The quantitative estimate of drug-likeness (QED) is 0.449. The Morgan fingerprint density at radius 2 is 1.70 bits per heavy atom. The van der Waals surface area contributed by atoms with Gasteiger partial charge in [0.2, 0.25) is 0 Å². The normalized spacial score (nSPS) is 11.6. The number of ether oxygens (including phenoxy) is 2. The van der Waals surface area contributed by atoms with Crippen LogP contribution in [-0.4, -0.2) is 25.8 Å². The van der Waals surface area contributed by atoms with Crippen molar-refractivity contribution in [3.63, 3.8) is 0 Å². The van der Waals surface area contributed by atoms with Crippen LogP contribution < -0.4 is 15.0 Å². The lowest BCUT2D eigenvalue weighted by atomic mass is 10.0. The molecule has 0 saturated carbocycles. The highest BCUT2D eigenvalue weighted by molar-refractivity contribution is 7.90. The number of nitrogens with one attached hydrogen (secondary N) is 1. The van der Waals surface area contributed by atoms with Crippen molar-refractivity contribution >= 4 is 9.84 Å². The smallest absolute Gasteiger partial charge is 0.387 e. The minimum Gasteiger partial charge on any atom is -0.454 e. The molecule has 1 N–H and O–H groups in total. The largest absolute Gasteiger partial charge is 0.454 e. The van der Waals surface area contributed by atoms with Gasteiger partial charge < -0.3 is 14.5 Å². The minimum absolute atomic E-state index is 0.0525. The van der Waals surface area contributed by atoms with Crippen LogP contribution >= 0.6 is 0 Å². The summed E-state index contributed by atoms with van der Waals surface area (Å²) < 4.78 is 87.7. The molecule has 0 fully saturated rings. The lowest BCUT2D eigenvalue weighted by Crippen LogP contribution is -2.16. The van der Waals surface area contributed by atoms with Crippen molar-refractivity contribution in [3.8, 4) is 17.2 Å². The molecular weight excluding hydrogens is 466 g/mol. The van der Waals surface area contributed by atoms with E-state index in [9.17, 15) is 30.8 Å². The molecule has 0 amide bonds. The van der Waals surface area contributed by atoms with Crippen LogP contribution in [0.1, 0.15) is 23.6 Å². The van der Waals surface area contributed by atoms with Crippen molar-refractivity contribution in [2.24, 2.45) is 0 Å². The second-order valence-electron chi connectivity index (χ2n) is 6.98. The van der Waals surface area contributed by atoms with E-state index in [1.165, 1.54) is 37.4 Å². The maximum Gasteiger partial charge on any atom is 0.387 e. The van der Waals surface area contributed by atoms with E-state index in [-0.39, 0.29) is 40.4 Å². The number of halogens is 4. The Morgan fingerprint density at radius 1 is 1.00 bits per heavy atom. The fourth-order valence-corrected chi connectivity index (χ4v) is 4.00. The Bertz CT molecular complexity index is 1310. The molecule has 0 unspecified atom stereocenters. The summed E-state index contributed by atoms with van der Waals surface area (Å²) in [5, 5.41) is 0. The number of aromatic nitrogens is 1. The van der Waals surface area contributed by atoms with Gasteiger partial charge in [-0.25, -0.2) is 17.2 Å². The molecule has 0 aliphatic rings. The van der Waals surface area contributed by atoms with Gasteiger partial charge in [0.25, 0.3) is 5.56 Å². The van der Waals surface area contributed by atoms with Crippen molar-refractivity contribution in [2.75, 3.05) is 5.75 Å². The number of alkyl halides is 2. The van der Waals surface area contributed by atoms with Crippen LogP contribution in [0.5, 0.6) is 17.2 Å². The molecule has 0 saturated heterocycles. The molecule has 0 radical (unpaired) electrons. The summed E-state index contributed by atoms with van der Waals surface area (Å²) in [6.45, 7) is -1.79. The van der Waals surface area contributed by atoms with Crippen LogP contribution in [0, 0.1) is 11.6 Å². The standard InChI is InChI=1S/C22H19F4NO5S/c1-2-33(29,30)12-15-5-3-4-13(19(15)31-18-7-6-16(23)11-17(18)24)10-14-8-9-27-21(28)20(14)32-22(25)26/h3-9,11,22H,2,10,12H2,1H3,(H,27,28). The van der Waals surface area contributed by atoms with Gasteiger partial charge in [0.15, 0.2) is 27.2 Å². The zero-order chi connectivity index (χ0) is 24.2. The minimum atomic E-state index is -3.54. The number of hydrogen-bond acceptors (Lipinski definition) is 5. The van der Waals surface area contributed by atoms with Gasteiger partial charge in [0, 0.05) is 35.6 Å². The summed E-state index contributed by atoms with van der Waals surface area (Å²) in [6, 6.07) is 8.44.